The number of carbonyl (C=O) groups excluding carboxylic acids is 3. The Kier molecular flexibility index (Phi) is 9.48. The van der Waals surface area contributed by atoms with Crippen LogP contribution < -0.4 is 10.6 Å². The third-order valence-electron chi connectivity index (χ3n) is 4.28. The van der Waals surface area contributed by atoms with Crippen molar-refractivity contribution in [1.82, 2.24) is 10.6 Å². The Morgan fingerprint density at radius 3 is 2.03 bits per heavy atom. The third kappa shape index (κ3) is 9.06. The normalized spacial score (nSPS) is 14.2. The number of carboxylic acid groups (broad SMARTS) is 1. The summed E-state index contributed by atoms with van der Waals surface area (Å²) in [6.07, 6.45) is -0.921. The summed E-state index contributed by atoms with van der Waals surface area (Å²) >= 11 is 0. The molecule has 3 unspecified atom stereocenters. The van der Waals surface area contributed by atoms with Gasteiger partial charge in [-0.25, -0.2) is 9.59 Å². The molecule has 0 saturated heterocycles. The number of carboxylic acids is 1. The molecule has 31 heavy (non-hydrogen) atoms. The number of aliphatic carboxylic acids is 1. The summed E-state index contributed by atoms with van der Waals surface area (Å²) in [7, 11) is 0. The van der Waals surface area contributed by atoms with E-state index < -0.39 is 53.5 Å². The molecule has 0 spiro atoms. The Labute approximate surface area is 182 Å². The molecule has 0 aromatic heterocycles. The van der Waals surface area contributed by atoms with Gasteiger partial charge in [0.1, 0.15) is 24.3 Å². The highest BCUT2D eigenvalue weighted by Gasteiger charge is 2.37. The van der Waals surface area contributed by atoms with Crippen molar-refractivity contribution >= 4 is 23.9 Å². The van der Waals surface area contributed by atoms with E-state index in [1.165, 1.54) is 6.92 Å². The summed E-state index contributed by atoms with van der Waals surface area (Å²) < 4.78 is 10.5. The van der Waals surface area contributed by atoms with Crippen molar-refractivity contribution in [3.05, 3.63) is 35.9 Å². The zero-order valence-electron chi connectivity index (χ0n) is 18.8. The minimum Gasteiger partial charge on any atom is -0.480 e. The van der Waals surface area contributed by atoms with E-state index in [9.17, 15) is 24.3 Å². The van der Waals surface area contributed by atoms with E-state index in [0.717, 1.165) is 5.56 Å². The van der Waals surface area contributed by atoms with Gasteiger partial charge >= 0.3 is 18.0 Å². The van der Waals surface area contributed by atoms with Crippen LogP contribution in [0, 0.1) is 11.8 Å². The van der Waals surface area contributed by atoms with Crippen LogP contribution in [0.15, 0.2) is 30.3 Å². The van der Waals surface area contributed by atoms with Gasteiger partial charge in [0, 0.05) is 0 Å². The summed E-state index contributed by atoms with van der Waals surface area (Å²) in [5.41, 5.74) is -0.0635. The molecule has 0 heterocycles. The minimum absolute atomic E-state index is 0.0361. The summed E-state index contributed by atoms with van der Waals surface area (Å²) in [4.78, 5) is 49.1. The van der Waals surface area contributed by atoms with Gasteiger partial charge in [-0.2, -0.15) is 0 Å². The topological polar surface area (TPSA) is 131 Å². The molecular formula is C22H32N2O7. The van der Waals surface area contributed by atoms with E-state index in [0.29, 0.717) is 0 Å². The highest BCUT2D eigenvalue weighted by molar-refractivity contribution is 5.93. The molecule has 1 rings (SSSR count). The first-order valence-electron chi connectivity index (χ1n) is 10.0. The fraction of sp³-hybridized carbons (Fsp3) is 0.545. The molecule has 2 amide bonds. The lowest BCUT2D eigenvalue weighted by Crippen LogP contribution is -2.57. The van der Waals surface area contributed by atoms with Gasteiger partial charge in [0.05, 0.1) is 5.92 Å². The Bertz CT molecular complexity index is 772. The number of carbonyl (C=O) groups is 4. The number of amides is 2. The summed E-state index contributed by atoms with van der Waals surface area (Å²) in [5, 5.41) is 14.1. The fourth-order valence-electron chi connectivity index (χ4n) is 2.60. The van der Waals surface area contributed by atoms with E-state index in [-0.39, 0.29) is 6.61 Å². The van der Waals surface area contributed by atoms with Crippen LogP contribution in [-0.2, 0) is 30.5 Å². The van der Waals surface area contributed by atoms with Gasteiger partial charge in [-0.05, 0) is 39.2 Å². The van der Waals surface area contributed by atoms with Crippen LogP contribution in [0.4, 0.5) is 4.79 Å². The Hall–Kier alpha value is -3.10. The van der Waals surface area contributed by atoms with Crippen LogP contribution in [0.25, 0.3) is 0 Å². The smallest absolute Gasteiger partial charge is 0.408 e. The molecule has 0 fully saturated rings. The summed E-state index contributed by atoms with van der Waals surface area (Å²) in [6, 6.07) is 6.34. The first-order chi connectivity index (χ1) is 14.3. The minimum atomic E-state index is -1.39. The highest BCUT2D eigenvalue weighted by Crippen LogP contribution is 2.15. The van der Waals surface area contributed by atoms with E-state index in [2.05, 4.69) is 10.6 Å². The molecule has 9 nitrogen and oxygen atoms in total. The number of benzene rings is 1. The van der Waals surface area contributed by atoms with Crippen molar-refractivity contribution < 1.29 is 33.8 Å². The monoisotopic (exact) mass is 436 g/mol. The lowest BCUT2D eigenvalue weighted by molar-refractivity contribution is -0.161. The third-order valence-corrected chi connectivity index (χ3v) is 4.28. The molecule has 0 aliphatic rings. The van der Waals surface area contributed by atoms with Crippen LogP contribution in [-0.4, -0.2) is 46.7 Å². The zero-order valence-corrected chi connectivity index (χ0v) is 18.8. The lowest BCUT2D eigenvalue weighted by Gasteiger charge is -2.28. The maximum atomic E-state index is 12.8. The average Bonchev–Trinajstić information content (AvgIpc) is 2.66. The molecule has 0 aliphatic heterocycles. The summed E-state index contributed by atoms with van der Waals surface area (Å²) in [5.74, 6) is -4.27. The molecule has 9 heteroatoms. The van der Waals surface area contributed by atoms with E-state index in [1.807, 2.05) is 6.07 Å². The van der Waals surface area contributed by atoms with Crippen molar-refractivity contribution in [2.24, 2.45) is 11.8 Å². The molecule has 0 bridgehead atoms. The van der Waals surface area contributed by atoms with Crippen LogP contribution in [0.2, 0.25) is 0 Å². The van der Waals surface area contributed by atoms with E-state index in [4.69, 9.17) is 9.47 Å². The molecule has 0 saturated carbocycles. The van der Waals surface area contributed by atoms with Crippen LogP contribution in [0.3, 0.4) is 0 Å². The van der Waals surface area contributed by atoms with Gasteiger partial charge in [-0.1, -0.05) is 44.2 Å². The Balaban J connectivity index is 2.97. The maximum absolute atomic E-state index is 12.8. The Morgan fingerprint density at radius 1 is 0.968 bits per heavy atom. The zero-order chi connectivity index (χ0) is 23.8. The van der Waals surface area contributed by atoms with Gasteiger partial charge in [-0.15, -0.1) is 0 Å². The molecule has 1 aromatic carbocycles. The number of ether oxygens (including phenoxy) is 2. The van der Waals surface area contributed by atoms with Gasteiger partial charge in [0.2, 0.25) is 5.91 Å². The first kappa shape index (κ1) is 25.9. The van der Waals surface area contributed by atoms with Crippen molar-refractivity contribution in [2.75, 3.05) is 0 Å². The van der Waals surface area contributed by atoms with Crippen molar-refractivity contribution in [2.45, 2.75) is 65.8 Å². The van der Waals surface area contributed by atoms with Crippen LogP contribution >= 0.6 is 0 Å². The Morgan fingerprint density at radius 2 is 1.55 bits per heavy atom. The second-order valence-electron chi connectivity index (χ2n) is 8.57. The molecule has 3 atom stereocenters. The predicted octanol–water partition coefficient (Wildman–Crippen LogP) is 2.48. The van der Waals surface area contributed by atoms with Crippen LogP contribution in [0.5, 0.6) is 0 Å². The second-order valence-corrected chi connectivity index (χ2v) is 8.57. The van der Waals surface area contributed by atoms with Gasteiger partial charge in [0.25, 0.3) is 0 Å². The molecule has 3 N–H and O–H groups in total. The average molecular weight is 437 g/mol. The number of hydrogen-bond donors (Lipinski definition) is 3. The van der Waals surface area contributed by atoms with Crippen molar-refractivity contribution in [3.63, 3.8) is 0 Å². The first-order valence-corrected chi connectivity index (χ1v) is 10.0. The number of rotatable bonds is 9. The van der Waals surface area contributed by atoms with Crippen LogP contribution in [0.1, 0.15) is 47.1 Å². The van der Waals surface area contributed by atoms with E-state index >= 15 is 0 Å². The SMILES string of the molecule is CC(C)C(NC(=O)C(NC(=O)OCc1ccccc1)C(C)C(=O)OC(C)(C)C)C(=O)O. The number of hydrogen-bond acceptors (Lipinski definition) is 6. The van der Waals surface area contributed by atoms with Crippen molar-refractivity contribution in [3.8, 4) is 0 Å². The molecular weight excluding hydrogens is 404 g/mol. The van der Waals surface area contributed by atoms with Crippen molar-refractivity contribution in [1.29, 1.82) is 0 Å². The second kappa shape index (κ2) is 11.3. The fourth-order valence-corrected chi connectivity index (χ4v) is 2.60. The van der Waals surface area contributed by atoms with Gasteiger partial charge in [-0.3, -0.25) is 9.59 Å². The van der Waals surface area contributed by atoms with E-state index in [1.54, 1.807) is 58.9 Å². The quantitative estimate of drug-likeness (QED) is 0.507. The standard InChI is InChI=1S/C22H32N2O7/c1-13(2)16(19(26)27)23-18(25)17(14(3)20(28)31-22(4,5)6)24-21(29)30-12-15-10-8-7-9-11-15/h7-11,13-14,16-17H,12H2,1-6H3,(H,23,25)(H,24,29)(H,26,27). The van der Waals surface area contributed by atoms with Gasteiger partial charge < -0.3 is 25.2 Å². The lowest BCUT2D eigenvalue weighted by atomic mass is 9.98. The number of nitrogens with one attached hydrogen (secondary N) is 2. The molecule has 0 radical (unpaired) electrons. The number of esters is 1. The molecule has 1 aromatic rings. The molecule has 0 aliphatic carbocycles. The maximum Gasteiger partial charge on any atom is 0.408 e. The van der Waals surface area contributed by atoms with Gasteiger partial charge in [0.15, 0.2) is 0 Å². The highest BCUT2D eigenvalue weighted by atomic mass is 16.6. The largest absolute Gasteiger partial charge is 0.480 e. The predicted molar refractivity (Wildman–Crippen MR) is 113 cm³/mol. The number of alkyl carbamates (subject to hydrolysis) is 1. The summed E-state index contributed by atoms with van der Waals surface area (Å²) in [6.45, 7) is 9.67. The molecule has 172 valence electrons.